The highest BCUT2D eigenvalue weighted by Crippen LogP contribution is 2.52. The van der Waals surface area contributed by atoms with E-state index in [1.165, 1.54) is 18.2 Å². The van der Waals surface area contributed by atoms with Crippen LogP contribution in [0.5, 0.6) is 5.75 Å². The lowest BCUT2D eigenvalue weighted by Crippen LogP contribution is -2.42. The summed E-state index contributed by atoms with van der Waals surface area (Å²) in [7, 11) is 0. The summed E-state index contributed by atoms with van der Waals surface area (Å²) in [5.74, 6) is -15.1. The zero-order valence-corrected chi connectivity index (χ0v) is 35.5. The molecule has 1 aliphatic rings. The molecule has 1 fully saturated rings. The van der Waals surface area contributed by atoms with Gasteiger partial charge in [-0.05, 0) is 92.1 Å². The van der Waals surface area contributed by atoms with Crippen molar-refractivity contribution < 1.29 is 45.4 Å². The fourth-order valence-corrected chi connectivity index (χ4v) is 9.62. The van der Waals surface area contributed by atoms with Crippen LogP contribution < -0.4 is 10.1 Å². The van der Waals surface area contributed by atoms with Gasteiger partial charge < -0.3 is 19.7 Å². The number of benzene rings is 6. The van der Waals surface area contributed by atoms with Crippen LogP contribution in [0.15, 0.2) is 133 Å². The average molecular weight is 883 g/mol. The Morgan fingerprint density at radius 2 is 1.21 bits per heavy atom. The first-order chi connectivity index (χ1) is 30.1. The minimum Gasteiger partial charge on any atom is -0.444 e. The van der Waals surface area contributed by atoms with Gasteiger partial charge in [0.15, 0.2) is 0 Å². The van der Waals surface area contributed by atoms with Crippen LogP contribution in [0.25, 0.3) is 0 Å². The van der Waals surface area contributed by atoms with E-state index >= 15 is 0 Å². The molecular weight excluding hydrogens is 839 g/mol. The van der Waals surface area contributed by atoms with Crippen LogP contribution in [-0.2, 0) is 22.3 Å². The average Bonchev–Trinajstić information content (AvgIpc) is 3.70. The third-order valence-electron chi connectivity index (χ3n) is 10.7. The minimum atomic E-state index is -2.39. The number of aryl methyl sites for hydroxylation is 2. The van der Waals surface area contributed by atoms with Gasteiger partial charge in [-0.25, -0.2) is 27.2 Å². The number of thioether (sulfide) groups is 1. The summed E-state index contributed by atoms with van der Waals surface area (Å²) in [5.41, 5.74) is 3.55. The summed E-state index contributed by atoms with van der Waals surface area (Å²) in [4.78, 5) is 29.3. The molecule has 6 aromatic carbocycles. The Bertz CT molecular complexity index is 2430. The second kappa shape index (κ2) is 19.0. The van der Waals surface area contributed by atoms with Crippen LogP contribution in [0.2, 0.25) is 0 Å². The summed E-state index contributed by atoms with van der Waals surface area (Å²) in [5, 5.41) is 3.18. The molecule has 1 amide bonds. The summed E-state index contributed by atoms with van der Waals surface area (Å²) >= 11 is 1.74. The first kappa shape index (κ1) is 44.8. The molecule has 1 N–H and O–H groups in total. The Labute approximate surface area is 366 Å². The smallest absolute Gasteiger partial charge is 0.410 e. The molecule has 0 bridgehead atoms. The second-order valence-electron chi connectivity index (χ2n) is 16.2. The Kier molecular flexibility index (Phi) is 13.5. The van der Waals surface area contributed by atoms with Crippen molar-refractivity contribution >= 4 is 29.5 Å². The lowest BCUT2D eigenvalue weighted by Gasteiger charge is -2.37. The van der Waals surface area contributed by atoms with Gasteiger partial charge in [0.2, 0.25) is 34.8 Å². The van der Waals surface area contributed by atoms with Gasteiger partial charge >= 0.3 is 12.1 Å². The van der Waals surface area contributed by atoms with Gasteiger partial charge in [0.25, 0.3) is 0 Å². The van der Waals surface area contributed by atoms with Crippen molar-refractivity contribution in [3.63, 3.8) is 0 Å². The molecule has 0 radical (unpaired) electrons. The van der Waals surface area contributed by atoms with E-state index in [1.54, 1.807) is 61.7 Å². The van der Waals surface area contributed by atoms with Crippen molar-refractivity contribution in [2.75, 3.05) is 18.4 Å². The van der Waals surface area contributed by atoms with Crippen LogP contribution in [-0.4, -0.2) is 46.9 Å². The number of anilines is 1. The zero-order chi connectivity index (χ0) is 44.9. The molecule has 2 atom stereocenters. The largest absolute Gasteiger partial charge is 0.444 e. The van der Waals surface area contributed by atoms with Crippen molar-refractivity contribution in [2.24, 2.45) is 0 Å². The summed E-state index contributed by atoms with van der Waals surface area (Å²) < 4.78 is 95.2. The topological polar surface area (TPSA) is 67.9 Å². The molecule has 326 valence electrons. The number of rotatable bonds is 13. The predicted molar refractivity (Wildman–Crippen MR) is 232 cm³/mol. The third-order valence-corrected chi connectivity index (χ3v) is 12.5. The standard InChI is InChI=1S/C50H44F6N2O4S/c1-49(2,3)62-48(60)58-30-39(63-50(33-13-7-4-8-14-33,34-15-9-5-10-16-34)35-17-11-6-12-18-35)28-38(58)29-57-37-26-23-32(22-19-31-20-24-36(51)25-21-31)40(27-37)47(59)61-46-44(55)42(53)41(52)43(54)45(46)56/h4-18,20-21,23-27,38-39,57H,19,22,28-30H2,1-3H3/t38-,39-/m0/s1. The Hall–Kier alpha value is -6.21. The molecule has 1 heterocycles. The van der Waals surface area contributed by atoms with E-state index in [1.807, 2.05) is 54.6 Å². The van der Waals surface area contributed by atoms with E-state index in [2.05, 4.69) is 41.7 Å². The third kappa shape index (κ3) is 10.0. The number of hydrogen-bond acceptors (Lipinski definition) is 6. The summed E-state index contributed by atoms with van der Waals surface area (Å²) in [6, 6.07) is 40.4. The van der Waals surface area contributed by atoms with Gasteiger partial charge in [0.05, 0.1) is 16.4 Å². The number of likely N-dealkylation sites (tertiary alicyclic amines) is 1. The SMILES string of the molecule is CC(C)(C)OC(=O)N1C[C@@H](SC(c2ccccc2)(c2ccccc2)c2ccccc2)C[C@H]1CNc1ccc(CCc2ccc(F)cc2)c(C(=O)Oc2c(F)c(F)c(F)c(F)c2F)c1. The maximum absolute atomic E-state index is 14.7. The fourth-order valence-electron chi connectivity index (χ4n) is 7.75. The van der Waals surface area contributed by atoms with E-state index in [0.29, 0.717) is 36.2 Å². The first-order valence-corrected chi connectivity index (χ1v) is 21.2. The van der Waals surface area contributed by atoms with E-state index < -0.39 is 69.1 Å². The minimum absolute atomic E-state index is 0.120. The van der Waals surface area contributed by atoms with Crippen LogP contribution in [0.1, 0.15) is 65.4 Å². The van der Waals surface area contributed by atoms with Crippen molar-refractivity contribution in [3.8, 4) is 5.75 Å². The molecule has 6 aromatic rings. The molecule has 1 aliphatic heterocycles. The van der Waals surface area contributed by atoms with E-state index in [-0.39, 0.29) is 23.8 Å². The number of hydrogen-bond donors (Lipinski definition) is 1. The molecule has 7 rings (SSSR count). The highest BCUT2D eigenvalue weighted by atomic mass is 32.2. The molecule has 0 spiro atoms. The van der Waals surface area contributed by atoms with Crippen molar-refractivity contribution in [3.05, 3.63) is 202 Å². The van der Waals surface area contributed by atoms with Gasteiger partial charge in [-0.1, -0.05) is 109 Å². The van der Waals surface area contributed by atoms with Gasteiger partial charge in [-0.3, -0.25) is 0 Å². The lowest BCUT2D eigenvalue weighted by atomic mass is 9.84. The number of ether oxygens (including phenoxy) is 2. The maximum atomic E-state index is 14.7. The van der Waals surface area contributed by atoms with Crippen molar-refractivity contribution in [1.29, 1.82) is 0 Å². The summed E-state index contributed by atoms with van der Waals surface area (Å²) in [6.07, 6.45) is 0.479. The number of esters is 1. The van der Waals surface area contributed by atoms with E-state index in [9.17, 15) is 35.9 Å². The van der Waals surface area contributed by atoms with Crippen LogP contribution >= 0.6 is 11.8 Å². The molecule has 1 saturated heterocycles. The number of nitrogens with one attached hydrogen (secondary N) is 1. The molecular formula is C50H44F6N2O4S. The van der Waals surface area contributed by atoms with E-state index in [4.69, 9.17) is 9.47 Å². The van der Waals surface area contributed by atoms with Gasteiger partial charge in [-0.2, -0.15) is 8.78 Å². The monoisotopic (exact) mass is 882 g/mol. The van der Waals surface area contributed by atoms with Gasteiger partial charge in [0.1, 0.15) is 11.4 Å². The number of nitrogens with zero attached hydrogens (tertiary/aromatic N) is 1. The quantitative estimate of drug-likeness (QED) is 0.0311. The van der Waals surface area contributed by atoms with Gasteiger partial charge in [-0.15, -0.1) is 11.8 Å². The highest BCUT2D eigenvalue weighted by Gasteiger charge is 2.45. The molecule has 0 aromatic heterocycles. The van der Waals surface area contributed by atoms with Crippen LogP contribution in [0.4, 0.5) is 36.8 Å². The fraction of sp³-hybridized carbons (Fsp3) is 0.240. The normalized spacial score (nSPS) is 15.3. The number of halogens is 6. The molecule has 0 aliphatic carbocycles. The van der Waals surface area contributed by atoms with Gasteiger partial charge in [0, 0.05) is 24.0 Å². The number of carbonyl (C=O) groups is 2. The maximum Gasteiger partial charge on any atom is 0.410 e. The Morgan fingerprint density at radius 1 is 0.683 bits per heavy atom. The van der Waals surface area contributed by atoms with Crippen molar-refractivity contribution in [1.82, 2.24) is 4.90 Å². The molecule has 6 nitrogen and oxygen atoms in total. The second-order valence-corrected chi connectivity index (χ2v) is 17.7. The molecule has 63 heavy (non-hydrogen) atoms. The highest BCUT2D eigenvalue weighted by molar-refractivity contribution is 8.01. The lowest BCUT2D eigenvalue weighted by molar-refractivity contribution is 0.0235. The Balaban J connectivity index is 1.20. The van der Waals surface area contributed by atoms with Crippen LogP contribution in [0, 0.1) is 34.9 Å². The summed E-state index contributed by atoms with van der Waals surface area (Å²) in [6.45, 7) is 5.87. The molecule has 0 saturated carbocycles. The predicted octanol–water partition coefficient (Wildman–Crippen LogP) is 12.0. The zero-order valence-electron chi connectivity index (χ0n) is 34.6. The van der Waals surface area contributed by atoms with Crippen molar-refractivity contribution in [2.45, 2.75) is 61.7 Å². The van der Waals surface area contributed by atoms with E-state index in [0.717, 1.165) is 16.7 Å². The number of carbonyl (C=O) groups excluding carboxylic acids is 2. The molecule has 0 unspecified atom stereocenters. The molecule has 13 heteroatoms. The Morgan fingerprint density at radius 3 is 1.73 bits per heavy atom. The first-order valence-electron chi connectivity index (χ1n) is 20.3. The number of amides is 1. The van der Waals surface area contributed by atoms with Crippen LogP contribution in [0.3, 0.4) is 0 Å².